The maximum atomic E-state index is 12.2. The number of hydrazine groups is 1. The number of rotatable bonds is 8. The highest BCUT2D eigenvalue weighted by Gasteiger charge is 2.30. The number of nitrogens with one attached hydrogen (secondary N) is 1. The van der Waals surface area contributed by atoms with Crippen LogP contribution in [0.2, 0.25) is 5.02 Å². The Bertz CT molecular complexity index is 810. The second-order valence-electron chi connectivity index (χ2n) is 4.43. The highest BCUT2D eigenvalue weighted by molar-refractivity contribution is 7.89. The number of sulfonamides is 1. The summed E-state index contributed by atoms with van der Waals surface area (Å²) < 4.78 is 35.5. The van der Waals surface area contributed by atoms with E-state index in [-0.39, 0.29) is 5.02 Å². The molecule has 0 aromatic heterocycles. The zero-order valence-electron chi connectivity index (χ0n) is 11.7. The van der Waals surface area contributed by atoms with Gasteiger partial charge in [-0.1, -0.05) is 11.6 Å². The normalized spacial score (nSPS) is 12.3. The minimum Gasteiger partial charge on any atom is -0.369 e. The van der Waals surface area contributed by atoms with Gasteiger partial charge in [-0.15, -0.1) is 4.83 Å². The first-order valence-electron chi connectivity index (χ1n) is 5.86. The van der Waals surface area contributed by atoms with Crippen LogP contribution in [0, 0.1) is 10.1 Å². The molecule has 0 spiro atoms. The molecule has 0 unspecified atom stereocenters. The van der Waals surface area contributed by atoms with Gasteiger partial charge in [-0.3, -0.25) is 19.5 Å². The van der Waals surface area contributed by atoms with Gasteiger partial charge in [0.2, 0.25) is 5.91 Å². The summed E-state index contributed by atoms with van der Waals surface area (Å²) in [5.74, 6) is -1.09. The molecule has 0 aliphatic heterocycles. The van der Waals surface area contributed by atoms with Gasteiger partial charge in [0.25, 0.3) is 15.7 Å². The smallest absolute Gasteiger partial charge is 0.340 e. The largest absolute Gasteiger partial charge is 0.369 e. The van der Waals surface area contributed by atoms with Gasteiger partial charge in [-0.2, -0.15) is 0 Å². The van der Waals surface area contributed by atoms with E-state index >= 15 is 0 Å². The number of nitrogens with two attached hydrogens (primary N) is 1. The van der Waals surface area contributed by atoms with Gasteiger partial charge in [0, 0.05) is 11.1 Å². The lowest BCUT2D eigenvalue weighted by Gasteiger charge is -2.21. The van der Waals surface area contributed by atoms with Gasteiger partial charge in [-0.05, 0) is 12.1 Å². The molecule has 0 fully saturated rings. The molecule has 0 aliphatic rings. The Morgan fingerprint density at radius 2 is 2.04 bits per heavy atom. The molecule has 0 radical (unpaired) electrons. The first-order valence-corrected chi connectivity index (χ1v) is 9.52. The van der Waals surface area contributed by atoms with Crippen molar-refractivity contribution >= 4 is 40.8 Å². The summed E-state index contributed by atoms with van der Waals surface area (Å²) in [6, 6.07) is 2.70. The fourth-order valence-electron chi connectivity index (χ4n) is 1.60. The quantitative estimate of drug-likeness (QED) is 0.248. The van der Waals surface area contributed by atoms with Crippen molar-refractivity contribution in [1.82, 2.24) is 9.84 Å². The Morgan fingerprint density at radius 1 is 1.46 bits per heavy atom. The Hall–Kier alpha value is -1.60. The molecule has 0 atom stereocenters. The van der Waals surface area contributed by atoms with Crippen LogP contribution in [-0.4, -0.2) is 46.9 Å². The summed E-state index contributed by atoms with van der Waals surface area (Å²) in [5, 5.41) is 11.2. The van der Waals surface area contributed by atoms with Crippen LogP contribution in [-0.2, 0) is 19.4 Å². The van der Waals surface area contributed by atoms with Crippen molar-refractivity contribution in [3.05, 3.63) is 33.3 Å². The predicted octanol–water partition coefficient (Wildman–Crippen LogP) is -0.636. The van der Waals surface area contributed by atoms with E-state index in [4.69, 9.17) is 27.1 Å². The molecular weight excluding hydrogens is 391 g/mol. The lowest BCUT2D eigenvalue weighted by atomic mass is 10.3. The van der Waals surface area contributed by atoms with E-state index in [1.54, 1.807) is 4.83 Å². The number of nitro groups is 1. The molecule has 0 bridgehead atoms. The van der Waals surface area contributed by atoms with Gasteiger partial charge in [0.1, 0.15) is 6.29 Å². The Morgan fingerprint density at radius 3 is 2.50 bits per heavy atom. The Kier molecular flexibility index (Phi) is 6.41. The minimum absolute atomic E-state index is 0.0927. The first kappa shape index (κ1) is 20.4. The average Bonchev–Trinajstić information content (AvgIpc) is 2.34. The topological polar surface area (TPSA) is 193 Å². The fourth-order valence-corrected chi connectivity index (χ4v) is 3.70. The number of nitro benzene ring substituents is 1. The standard InChI is InChI=1S/C9H12ClN4O8PS/c10-6-1-2-8(7(3-6)14(16)17)24(21,22)12-13(4-9(11)15)5-23(18,19)20/h1-3,12H,4-5H2,(H2,11,15)(H2,18,19,20). The van der Waals surface area contributed by atoms with E-state index in [1.165, 1.54) is 0 Å². The number of primary amides is 1. The summed E-state index contributed by atoms with van der Waals surface area (Å²) in [6.45, 7) is -0.869. The predicted molar refractivity (Wildman–Crippen MR) is 81.2 cm³/mol. The van der Waals surface area contributed by atoms with Crippen LogP contribution < -0.4 is 10.6 Å². The molecule has 1 aromatic rings. The van der Waals surface area contributed by atoms with Crippen LogP contribution in [0.5, 0.6) is 0 Å². The van der Waals surface area contributed by atoms with E-state index in [9.17, 15) is 27.9 Å². The average molecular weight is 403 g/mol. The summed E-state index contributed by atoms with van der Waals surface area (Å²) in [4.78, 5) is 39.5. The summed E-state index contributed by atoms with van der Waals surface area (Å²) >= 11 is 5.58. The zero-order chi connectivity index (χ0) is 18.7. The summed E-state index contributed by atoms with van der Waals surface area (Å²) in [5.41, 5.74) is 4.02. The fraction of sp³-hybridized carbons (Fsp3) is 0.222. The number of carbonyl (C=O) groups is 1. The molecule has 0 heterocycles. The third kappa shape index (κ3) is 6.13. The van der Waals surface area contributed by atoms with Crippen molar-refractivity contribution in [2.75, 3.05) is 12.8 Å². The van der Waals surface area contributed by atoms with Crippen molar-refractivity contribution in [3.63, 3.8) is 0 Å². The lowest BCUT2D eigenvalue weighted by Crippen LogP contribution is -2.46. The van der Waals surface area contributed by atoms with E-state index in [2.05, 4.69) is 0 Å². The molecule has 0 aliphatic carbocycles. The first-order chi connectivity index (χ1) is 10.8. The number of hydrogen-bond donors (Lipinski definition) is 4. The van der Waals surface area contributed by atoms with E-state index in [1.807, 2.05) is 0 Å². The van der Waals surface area contributed by atoms with Crippen LogP contribution in [0.15, 0.2) is 23.1 Å². The van der Waals surface area contributed by atoms with Crippen molar-refractivity contribution in [2.24, 2.45) is 5.73 Å². The molecule has 24 heavy (non-hydrogen) atoms. The third-order valence-electron chi connectivity index (χ3n) is 2.36. The number of carbonyl (C=O) groups excluding carboxylic acids is 1. The Balaban J connectivity index is 3.25. The molecule has 134 valence electrons. The molecule has 12 nitrogen and oxygen atoms in total. The van der Waals surface area contributed by atoms with Gasteiger partial charge >= 0.3 is 7.60 Å². The van der Waals surface area contributed by atoms with Crippen LogP contribution >= 0.6 is 19.2 Å². The number of halogens is 1. The molecule has 1 amide bonds. The molecule has 1 aromatic carbocycles. The molecule has 1 rings (SSSR count). The van der Waals surface area contributed by atoms with Crippen LogP contribution in [0.25, 0.3) is 0 Å². The monoisotopic (exact) mass is 402 g/mol. The molecule has 0 saturated carbocycles. The number of hydrogen-bond acceptors (Lipinski definition) is 7. The Labute approximate surface area is 140 Å². The maximum Gasteiger partial charge on any atom is 0.340 e. The van der Waals surface area contributed by atoms with Gasteiger partial charge < -0.3 is 15.5 Å². The molecule has 15 heteroatoms. The zero-order valence-corrected chi connectivity index (χ0v) is 14.2. The second kappa shape index (κ2) is 7.53. The summed E-state index contributed by atoms with van der Waals surface area (Å²) in [7, 11) is -9.40. The van der Waals surface area contributed by atoms with Gasteiger partial charge in [-0.25, -0.2) is 13.4 Å². The van der Waals surface area contributed by atoms with E-state index < -0.39 is 51.9 Å². The second-order valence-corrected chi connectivity index (χ2v) is 8.11. The van der Waals surface area contributed by atoms with Crippen LogP contribution in [0.4, 0.5) is 5.69 Å². The third-order valence-corrected chi connectivity index (χ3v) is 4.73. The van der Waals surface area contributed by atoms with Crippen molar-refractivity contribution in [2.45, 2.75) is 4.90 Å². The lowest BCUT2D eigenvalue weighted by molar-refractivity contribution is -0.387. The van der Waals surface area contributed by atoms with Crippen molar-refractivity contribution in [1.29, 1.82) is 0 Å². The van der Waals surface area contributed by atoms with Crippen molar-refractivity contribution < 1.29 is 32.5 Å². The van der Waals surface area contributed by atoms with Crippen LogP contribution in [0.3, 0.4) is 0 Å². The number of amides is 1. The number of nitrogens with zero attached hydrogens (tertiary/aromatic N) is 2. The highest BCUT2D eigenvalue weighted by Crippen LogP contribution is 2.35. The molecule has 0 saturated heterocycles. The molecular formula is C9H12ClN4O8PS. The summed E-state index contributed by atoms with van der Waals surface area (Å²) in [6.07, 6.45) is -1.17. The van der Waals surface area contributed by atoms with E-state index in [0.29, 0.717) is 5.01 Å². The van der Waals surface area contributed by atoms with E-state index in [0.717, 1.165) is 18.2 Å². The highest BCUT2D eigenvalue weighted by atomic mass is 35.5. The van der Waals surface area contributed by atoms with Gasteiger partial charge in [0.05, 0.1) is 11.5 Å². The van der Waals surface area contributed by atoms with Gasteiger partial charge in [0.15, 0.2) is 4.90 Å². The minimum atomic E-state index is -4.76. The maximum absolute atomic E-state index is 12.2. The van der Waals surface area contributed by atoms with Crippen LogP contribution in [0.1, 0.15) is 0 Å². The SMILES string of the molecule is NC(=O)CN(CP(=O)(O)O)NS(=O)(=O)c1ccc(Cl)cc1[N+](=O)[O-]. The van der Waals surface area contributed by atoms with Crippen molar-refractivity contribution in [3.8, 4) is 0 Å². The number of benzene rings is 1. The molecule has 5 N–H and O–H groups in total.